The number of carbonyl (C=O) groups is 2. The molecule has 0 aromatic carbocycles. The molecule has 0 saturated heterocycles. The number of hydrogen-bond acceptors (Lipinski definition) is 4. The number of aromatic nitrogens is 1. The average Bonchev–Trinajstić information content (AvgIpc) is 2.69. The zero-order valence-corrected chi connectivity index (χ0v) is 10.9. The molecule has 0 radical (unpaired) electrons. The van der Waals surface area contributed by atoms with Crippen LogP contribution in [0.5, 0.6) is 0 Å². The average molecular weight is 256 g/mol. The van der Waals surface area contributed by atoms with Gasteiger partial charge in [0.2, 0.25) is 5.91 Å². The summed E-state index contributed by atoms with van der Waals surface area (Å²) in [6, 6.07) is 0. The maximum absolute atomic E-state index is 11.7. The number of aliphatic carboxylic acids is 1. The van der Waals surface area contributed by atoms with Gasteiger partial charge in [-0.05, 0) is 12.8 Å². The Balaban J connectivity index is 2.69. The smallest absolute Gasteiger partial charge is 0.310 e. The van der Waals surface area contributed by atoms with Crippen molar-refractivity contribution in [2.75, 3.05) is 5.32 Å². The number of carboxylic acid groups (broad SMARTS) is 1. The summed E-state index contributed by atoms with van der Waals surface area (Å²) in [6.45, 7) is 5.18. The lowest BCUT2D eigenvalue weighted by Gasteiger charge is -2.28. The number of anilines is 1. The fraction of sp³-hybridized carbons (Fsp3) is 0.545. The first-order valence-corrected chi connectivity index (χ1v) is 6.17. The van der Waals surface area contributed by atoms with Gasteiger partial charge in [-0.3, -0.25) is 9.59 Å². The molecular weight excluding hydrogens is 240 g/mol. The molecule has 1 aromatic rings. The second-order valence-corrected chi connectivity index (χ2v) is 5.33. The molecule has 0 aliphatic carbocycles. The van der Waals surface area contributed by atoms with Crippen LogP contribution in [0.15, 0.2) is 11.6 Å². The third-order valence-electron chi connectivity index (χ3n) is 2.97. The molecule has 0 fully saturated rings. The molecule has 1 aromatic heterocycles. The van der Waals surface area contributed by atoms with E-state index in [1.165, 1.54) is 11.3 Å². The van der Waals surface area contributed by atoms with Crippen molar-refractivity contribution in [2.24, 2.45) is 11.3 Å². The van der Waals surface area contributed by atoms with E-state index in [2.05, 4.69) is 10.3 Å². The van der Waals surface area contributed by atoms with E-state index >= 15 is 0 Å². The maximum atomic E-state index is 11.7. The van der Waals surface area contributed by atoms with Gasteiger partial charge in [0.15, 0.2) is 5.13 Å². The minimum absolute atomic E-state index is 0.0560. The van der Waals surface area contributed by atoms with Gasteiger partial charge < -0.3 is 10.4 Å². The Morgan fingerprint density at radius 3 is 2.65 bits per heavy atom. The Morgan fingerprint density at radius 2 is 2.24 bits per heavy atom. The SMILES string of the molecule is CC(C)C(C)(CC(=O)Nc1nccs1)C(=O)O. The number of nitrogens with one attached hydrogen (secondary N) is 1. The molecule has 17 heavy (non-hydrogen) atoms. The van der Waals surface area contributed by atoms with Gasteiger partial charge in [0.25, 0.3) is 0 Å². The summed E-state index contributed by atoms with van der Waals surface area (Å²) in [5.41, 5.74) is -1.05. The molecule has 0 bridgehead atoms. The normalized spacial score (nSPS) is 14.4. The van der Waals surface area contributed by atoms with Crippen LogP contribution in [0.3, 0.4) is 0 Å². The van der Waals surface area contributed by atoms with Gasteiger partial charge in [-0.1, -0.05) is 13.8 Å². The standard InChI is InChI=1S/C11H16N2O3S/c1-7(2)11(3,9(15)16)6-8(14)13-10-12-4-5-17-10/h4-5,7H,6H2,1-3H3,(H,15,16)(H,12,13,14). The molecule has 1 atom stereocenters. The minimum atomic E-state index is -1.05. The van der Waals surface area contributed by atoms with Crippen LogP contribution in [-0.4, -0.2) is 22.0 Å². The van der Waals surface area contributed by atoms with Crippen molar-refractivity contribution in [3.8, 4) is 0 Å². The highest BCUT2D eigenvalue weighted by Crippen LogP contribution is 2.31. The Bertz CT molecular complexity index is 403. The van der Waals surface area contributed by atoms with E-state index in [1.807, 2.05) is 0 Å². The summed E-state index contributed by atoms with van der Waals surface area (Å²) in [5.74, 6) is -1.40. The molecule has 6 heteroatoms. The van der Waals surface area contributed by atoms with Crippen LogP contribution in [0, 0.1) is 11.3 Å². The van der Waals surface area contributed by atoms with E-state index in [4.69, 9.17) is 0 Å². The Labute approximate surface area is 104 Å². The first-order chi connectivity index (χ1) is 7.86. The second kappa shape index (κ2) is 5.27. The second-order valence-electron chi connectivity index (χ2n) is 4.44. The highest BCUT2D eigenvalue weighted by Gasteiger charge is 2.38. The molecule has 1 unspecified atom stereocenters. The number of thiazole rings is 1. The summed E-state index contributed by atoms with van der Waals surface area (Å²) < 4.78 is 0. The summed E-state index contributed by atoms with van der Waals surface area (Å²) in [6.07, 6.45) is 1.53. The number of carboxylic acids is 1. The molecule has 0 saturated carbocycles. The van der Waals surface area contributed by atoms with Crippen molar-refractivity contribution in [3.05, 3.63) is 11.6 Å². The van der Waals surface area contributed by atoms with Crippen molar-refractivity contribution in [2.45, 2.75) is 27.2 Å². The minimum Gasteiger partial charge on any atom is -0.481 e. The molecular formula is C11H16N2O3S. The molecule has 0 aliphatic heterocycles. The molecule has 0 spiro atoms. The molecule has 94 valence electrons. The highest BCUT2D eigenvalue weighted by molar-refractivity contribution is 7.13. The van der Waals surface area contributed by atoms with Crippen molar-refractivity contribution < 1.29 is 14.7 Å². The quantitative estimate of drug-likeness (QED) is 0.846. The van der Waals surface area contributed by atoms with E-state index in [-0.39, 0.29) is 18.2 Å². The topological polar surface area (TPSA) is 79.3 Å². The van der Waals surface area contributed by atoms with Gasteiger partial charge in [0.05, 0.1) is 5.41 Å². The van der Waals surface area contributed by atoms with Crippen molar-refractivity contribution >= 4 is 28.3 Å². The fourth-order valence-corrected chi connectivity index (χ4v) is 1.85. The van der Waals surface area contributed by atoms with Crippen molar-refractivity contribution in [1.82, 2.24) is 4.98 Å². The van der Waals surface area contributed by atoms with Crippen LogP contribution >= 0.6 is 11.3 Å². The highest BCUT2D eigenvalue weighted by atomic mass is 32.1. The van der Waals surface area contributed by atoms with Gasteiger partial charge in [0.1, 0.15) is 0 Å². The molecule has 1 heterocycles. The van der Waals surface area contributed by atoms with Crippen molar-refractivity contribution in [3.63, 3.8) is 0 Å². The summed E-state index contributed by atoms with van der Waals surface area (Å²) >= 11 is 1.30. The Morgan fingerprint density at radius 1 is 1.59 bits per heavy atom. The van der Waals surface area contributed by atoms with E-state index in [1.54, 1.807) is 32.3 Å². The van der Waals surface area contributed by atoms with Gasteiger partial charge in [-0.25, -0.2) is 4.98 Å². The number of nitrogens with zero attached hydrogens (tertiary/aromatic N) is 1. The zero-order chi connectivity index (χ0) is 13.1. The third kappa shape index (κ3) is 3.26. The van der Waals surface area contributed by atoms with Crippen LogP contribution in [0.1, 0.15) is 27.2 Å². The lowest BCUT2D eigenvalue weighted by Crippen LogP contribution is -2.37. The largest absolute Gasteiger partial charge is 0.481 e. The first-order valence-electron chi connectivity index (χ1n) is 5.29. The van der Waals surface area contributed by atoms with E-state index < -0.39 is 11.4 Å². The predicted octanol–water partition coefficient (Wildman–Crippen LogP) is 2.22. The third-order valence-corrected chi connectivity index (χ3v) is 3.66. The maximum Gasteiger partial charge on any atom is 0.310 e. The predicted molar refractivity (Wildman–Crippen MR) is 65.9 cm³/mol. The lowest BCUT2D eigenvalue weighted by molar-refractivity contribution is -0.153. The number of hydrogen-bond donors (Lipinski definition) is 2. The van der Waals surface area contributed by atoms with Gasteiger partial charge in [-0.2, -0.15) is 0 Å². The first kappa shape index (κ1) is 13.6. The van der Waals surface area contributed by atoms with Gasteiger partial charge in [0, 0.05) is 18.0 Å². The molecule has 0 aliphatic rings. The van der Waals surface area contributed by atoms with Gasteiger partial charge in [-0.15, -0.1) is 11.3 Å². The van der Waals surface area contributed by atoms with E-state index in [0.29, 0.717) is 5.13 Å². The van der Waals surface area contributed by atoms with E-state index in [0.717, 1.165) is 0 Å². The van der Waals surface area contributed by atoms with Crippen LogP contribution < -0.4 is 5.32 Å². The Kier molecular flexibility index (Phi) is 4.22. The monoisotopic (exact) mass is 256 g/mol. The van der Waals surface area contributed by atoms with Crippen LogP contribution in [0.25, 0.3) is 0 Å². The molecule has 1 rings (SSSR count). The van der Waals surface area contributed by atoms with E-state index in [9.17, 15) is 14.7 Å². The van der Waals surface area contributed by atoms with Crippen molar-refractivity contribution in [1.29, 1.82) is 0 Å². The summed E-state index contributed by atoms with van der Waals surface area (Å²) in [7, 11) is 0. The summed E-state index contributed by atoms with van der Waals surface area (Å²) in [4.78, 5) is 26.8. The van der Waals surface area contributed by atoms with Crippen LogP contribution in [0.4, 0.5) is 5.13 Å². The number of carbonyl (C=O) groups excluding carboxylic acids is 1. The summed E-state index contributed by atoms with van der Waals surface area (Å²) in [5, 5.41) is 14.0. The fourth-order valence-electron chi connectivity index (χ4n) is 1.31. The van der Waals surface area contributed by atoms with Gasteiger partial charge >= 0.3 is 5.97 Å². The Hall–Kier alpha value is -1.43. The molecule has 1 amide bonds. The van der Waals surface area contributed by atoms with Crippen LogP contribution in [0.2, 0.25) is 0 Å². The lowest BCUT2D eigenvalue weighted by atomic mass is 9.76. The number of rotatable bonds is 5. The molecule has 2 N–H and O–H groups in total. The molecule has 5 nitrogen and oxygen atoms in total. The number of amides is 1. The zero-order valence-electron chi connectivity index (χ0n) is 10.1. The van der Waals surface area contributed by atoms with Crippen LogP contribution in [-0.2, 0) is 9.59 Å².